The molecule has 0 unspecified atom stereocenters. The Morgan fingerprint density at radius 3 is 2.45 bits per heavy atom. The summed E-state index contributed by atoms with van der Waals surface area (Å²) in [6.07, 6.45) is -2.67. The molecule has 0 fully saturated rings. The van der Waals surface area contributed by atoms with E-state index >= 15 is 0 Å². The van der Waals surface area contributed by atoms with Crippen LogP contribution in [0.15, 0.2) is 24.3 Å². The lowest BCUT2D eigenvalue weighted by atomic mass is 10.1. The Bertz CT molecular complexity index is 489. The van der Waals surface area contributed by atoms with Crippen LogP contribution in [0.5, 0.6) is 0 Å². The van der Waals surface area contributed by atoms with Gasteiger partial charge in [-0.15, -0.1) is 0 Å². The zero-order valence-corrected chi connectivity index (χ0v) is 11.3. The van der Waals surface area contributed by atoms with Gasteiger partial charge in [0.15, 0.2) is 0 Å². The van der Waals surface area contributed by atoms with Crippen molar-refractivity contribution >= 4 is 11.9 Å². The lowest BCUT2D eigenvalue weighted by Crippen LogP contribution is -2.38. The molecule has 0 aliphatic carbocycles. The minimum Gasteiger partial charge on any atom is -0.480 e. The molecule has 1 aromatic rings. The minimum atomic E-state index is -2.67. The lowest BCUT2D eigenvalue weighted by molar-refractivity contribution is -0.137. The number of carboxylic acid groups (broad SMARTS) is 1. The van der Waals surface area contributed by atoms with Crippen LogP contribution in [0.3, 0.4) is 0 Å². The normalized spacial score (nSPS) is 10.9. The summed E-state index contributed by atoms with van der Waals surface area (Å²) in [6, 6.07) is 5.10. The molecule has 1 aromatic carbocycles. The van der Waals surface area contributed by atoms with Gasteiger partial charge in [0.2, 0.25) is 0 Å². The van der Waals surface area contributed by atoms with E-state index in [4.69, 9.17) is 5.11 Å². The number of halogens is 2. The van der Waals surface area contributed by atoms with E-state index in [9.17, 15) is 18.4 Å². The van der Waals surface area contributed by atoms with E-state index in [0.29, 0.717) is 0 Å². The number of aliphatic carboxylic acids is 1. The van der Waals surface area contributed by atoms with Crippen molar-refractivity contribution in [1.82, 2.24) is 4.90 Å². The molecule has 0 spiro atoms. The number of carbonyl (C=O) groups is 2. The molecule has 0 atom stereocenters. The number of alkyl halides is 2. The van der Waals surface area contributed by atoms with Gasteiger partial charge in [0.05, 0.1) is 0 Å². The second kappa shape index (κ2) is 6.98. The van der Waals surface area contributed by atoms with Crippen LogP contribution < -0.4 is 0 Å². The van der Waals surface area contributed by atoms with Gasteiger partial charge in [-0.25, -0.2) is 8.78 Å². The first-order chi connectivity index (χ1) is 9.31. The summed E-state index contributed by atoms with van der Waals surface area (Å²) in [5.74, 6) is -1.61. The van der Waals surface area contributed by atoms with Crippen LogP contribution in [0.4, 0.5) is 8.78 Å². The van der Waals surface area contributed by atoms with E-state index in [1.807, 2.05) is 13.8 Å². The van der Waals surface area contributed by atoms with Crippen molar-refractivity contribution in [3.05, 3.63) is 35.4 Å². The van der Waals surface area contributed by atoms with Gasteiger partial charge in [-0.1, -0.05) is 26.0 Å². The molecule has 0 saturated heterocycles. The zero-order valence-electron chi connectivity index (χ0n) is 11.3. The molecule has 0 aliphatic heterocycles. The predicted octanol–water partition coefficient (Wildman–Crippen LogP) is 2.81. The van der Waals surface area contributed by atoms with Crippen molar-refractivity contribution in [2.24, 2.45) is 5.92 Å². The fraction of sp³-hybridized carbons (Fsp3) is 0.429. The van der Waals surface area contributed by atoms with Crippen LogP contribution in [0.25, 0.3) is 0 Å². The molecule has 1 amide bonds. The third kappa shape index (κ3) is 4.60. The molecule has 4 nitrogen and oxygen atoms in total. The van der Waals surface area contributed by atoms with Crippen molar-refractivity contribution in [3.8, 4) is 0 Å². The number of hydrogen-bond acceptors (Lipinski definition) is 2. The molecule has 1 rings (SSSR count). The van der Waals surface area contributed by atoms with E-state index in [1.54, 1.807) is 0 Å². The van der Waals surface area contributed by atoms with Crippen LogP contribution in [0, 0.1) is 5.92 Å². The SMILES string of the molecule is CC(C)CN(CC(=O)O)C(=O)c1cccc(C(F)F)c1. The van der Waals surface area contributed by atoms with Crippen molar-refractivity contribution < 1.29 is 23.5 Å². The van der Waals surface area contributed by atoms with Crippen LogP contribution >= 0.6 is 0 Å². The quantitative estimate of drug-likeness (QED) is 0.874. The molecule has 0 bridgehead atoms. The Morgan fingerprint density at radius 2 is 1.95 bits per heavy atom. The van der Waals surface area contributed by atoms with Gasteiger partial charge in [-0.2, -0.15) is 0 Å². The van der Waals surface area contributed by atoms with Gasteiger partial charge < -0.3 is 10.0 Å². The number of benzene rings is 1. The topological polar surface area (TPSA) is 57.6 Å². The first-order valence-corrected chi connectivity index (χ1v) is 6.20. The fourth-order valence-corrected chi connectivity index (χ4v) is 1.81. The van der Waals surface area contributed by atoms with Crippen molar-refractivity contribution in [2.75, 3.05) is 13.1 Å². The number of rotatable bonds is 6. The molecular weight excluding hydrogens is 268 g/mol. The fourth-order valence-electron chi connectivity index (χ4n) is 1.81. The lowest BCUT2D eigenvalue weighted by Gasteiger charge is -2.23. The number of nitrogens with zero attached hydrogens (tertiary/aromatic N) is 1. The van der Waals surface area contributed by atoms with E-state index in [0.717, 1.165) is 11.0 Å². The molecule has 0 aromatic heterocycles. The maximum Gasteiger partial charge on any atom is 0.323 e. The molecule has 1 N–H and O–H groups in total. The minimum absolute atomic E-state index is 0.0738. The van der Waals surface area contributed by atoms with Gasteiger partial charge in [0, 0.05) is 17.7 Å². The van der Waals surface area contributed by atoms with E-state index < -0.39 is 24.8 Å². The molecule has 20 heavy (non-hydrogen) atoms. The van der Waals surface area contributed by atoms with Crippen molar-refractivity contribution in [1.29, 1.82) is 0 Å². The molecule has 0 aliphatic rings. The number of amides is 1. The summed E-state index contributed by atoms with van der Waals surface area (Å²) in [7, 11) is 0. The van der Waals surface area contributed by atoms with Crippen LogP contribution in [0.1, 0.15) is 36.2 Å². The van der Waals surface area contributed by atoms with Gasteiger partial charge in [0.1, 0.15) is 6.54 Å². The van der Waals surface area contributed by atoms with Gasteiger partial charge in [-0.05, 0) is 18.1 Å². The highest BCUT2D eigenvalue weighted by atomic mass is 19.3. The van der Waals surface area contributed by atoms with E-state index in [-0.39, 0.29) is 23.6 Å². The summed E-state index contributed by atoms with van der Waals surface area (Å²) in [4.78, 5) is 24.1. The predicted molar refractivity (Wildman–Crippen MR) is 69.8 cm³/mol. The Hall–Kier alpha value is -1.98. The third-order valence-corrected chi connectivity index (χ3v) is 2.58. The Morgan fingerprint density at radius 1 is 1.30 bits per heavy atom. The first-order valence-electron chi connectivity index (χ1n) is 6.20. The summed E-state index contributed by atoms with van der Waals surface area (Å²) in [5.41, 5.74) is -0.180. The molecule has 0 heterocycles. The van der Waals surface area contributed by atoms with Gasteiger partial charge in [-0.3, -0.25) is 9.59 Å². The molecule has 6 heteroatoms. The summed E-state index contributed by atoms with van der Waals surface area (Å²) in [5, 5.41) is 8.82. The largest absolute Gasteiger partial charge is 0.480 e. The number of carboxylic acids is 1. The highest BCUT2D eigenvalue weighted by Gasteiger charge is 2.20. The maximum absolute atomic E-state index is 12.6. The van der Waals surface area contributed by atoms with E-state index in [1.165, 1.54) is 18.2 Å². The Kier molecular flexibility index (Phi) is 5.61. The zero-order chi connectivity index (χ0) is 15.3. The molecule has 110 valence electrons. The Labute approximate surface area is 116 Å². The van der Waals surface area contributed by atoms with Gasteiger partial charge >= 0.3 is 5.97 Å². The smallest absolute Gasteiger partial charge is 0.323 e. The Balaban J connectivity index is 2.98. The summed E-state index contributed by atoms with van der Waals surface area (Å²) >= 11 is 0. The highest BCUT2D eigenvalue weighted by Crippen LogP contribution is 2.20. The highest BCUT2D eigenvalue weighted by molar-refractivity contribution is 5.96. The first kappa shape index (κ1) is 16.1. The third-order valence-electron chi connectivity index (χ3n) is 2.58. The second-order valence-electron chi connectivity index (χ2n) is 4.90. The molecule has 0 saturated carbocycles. The molecule has 0 radical (unpaired) electrons. The molecular formula is C14H17F2NO3. The second-order valence-corrected chi connectivity index (χ2v) is 4.90. The average Bonchev–Trinajstić information content (AvgIpc) is 2.36. The van der Waals surface area contributed by atoms with Crippen molar-refractivity contribution in [3.63, 3.8) is 0 Å². The van der Waals surface area contributed by atoms with Crippen LogP contribution in [-0.4, -0.2) is 35.0 Å². The number of carbonyl (C=O) groups excluding carboxylic acids is 1. The maximum atomic E-state index is 12.6. The standard InChI is InChI=1S/C14H17F2NO3/c1-9(2)7-17(8-12(18)19)14(20)11-5-3-4-10(6-11)13(15)16/h3-6,9,13H,7-8H2,1-2H3,(H,18,19). The monoisotopic (exact) mass is 285 g/mol. The van der Waals surface area contributed by atoms with Gasteiger partial charge in [0.25, 0.3) is 12.3 Å². The average molecular weight is 285 g/mol. The summed E-state index contributed by atoms with van der Waals surface area (Å²) < 4.78 is 25.2. The van der Waals surface area contributed by atoms with Crippen molar-refractivity contribution in [2.45, 2.75) is 20.3 Å². The van der Waals surface area contributed by atoms with E-state index in [2.05, 4.69) is 0 Å². The van der Waals surface area contributed by atoms with Crippen LogP contribution in [-0.2, 0) is 4.79 Å². The summed E-state index contributed by atoms with van der Waals surface area (Å²) in [6.45, 7) is 3.50. The number of hydrogen-bond donors (Lipinski definition) is 1. The van der Waals surface area contributed by atoms with Crippen LogP contribution in [0.2, 0.25) is 0 Å².